The van der Waals surface area contributed by atoms with Crippen LogP contribution in [0.25, 0.3) is 11.6 Å². The normalized spacial score (nSPS) is 10.9. The lowest BCUT2D eigenvalue weighted by molar-refractivity contribution is -0.112. The molecule has 0 radical (unpaired) electrons. The third-order valence-electron chi connectivity index (χ3n) is 5.82. The van der Waals surface area contributed by atoms with Crippen molar-refractivity contribution in [2.75, 3.05) is 5.32 Å². The summed E-state index contributed by atoms with van der Waals surface area (Å²) in [7, 11) is 0. The molecule has 40 heavy (non-hydrogen) atoms. The van der Waals surface area contributed by atoms with Crippen molar-refractivity contribution in [3.8, 4) is 0 Å². The predicted octanol–water partition coefficient (Wildman–Crippen LogP) is 11.6. The van der Waals surface area contributed by atoms with Crippen molar-refractivity contribution >= 4 is 23.2 Å². The van der Waals surface area contributed by atoms with E-state index in [1.54, 1.807) is 6.08 Å². The van der Waals surface area contributed by atoms with Crippen LogP contribution < -0.4 is 5.32 Å². The van der Waals surface area contributed by atoms with Gasteiger partial charge in [-0.2, -0.15) is 0 Å². The van der Waals surface area contributed by atoms with Crippen LogP contribution in [-0.2, 0) is 4.79 Å². The Morgan fingerprint density at radius 1 is 0.925 bits per heavy atom. The van der Waals surface area contributed by atoms with E-state index in [4.69, 9.17) is 0 Å². The van der Waals surface area contributed by atoms with E-state index >= 15 is 0 Å². The highest BCUT2D eigenvalue weighted by atomic mass is 16.1. The molecule has 2 rings (SSSR count). The third-order valence-corrected chi connectivity index (χ3v) is 5.82. The Morgan fingerprint density at radius 3 is 1.95 bits per heavy atom. The number of rotatable bonds is 10. The topological polar surface area (TPSA) is 32.3 Å². The largest absolute Gasteiger partial charge is 0.326 e. The van der Waals surface area contributed by atoms with Crippen LogP contribution >= 0.6 is 0 Å². The molecule has 2 aromatic rings. The molecule has 0 fully saturated rings. The van der Waals surface area contributed by atoms with Gasteiger partial charge in [-0.25, -0.2) is 0 Å². The van der Waals surface area contributed by atoms with Crippen molar-refractivity contribution in [3.63, 3.8) is 0 Å². The molecule has 0 aliphatic rings. The number of benzene rings is 2. The molecule has 0 atom stereocenters. The van der Waals surface area contributed by atoms with E-state index in [1.807, 2.05) is 110 Å². The number of unbranched alkanes of at least 4 members (excludes halogenated alkanes) is 1. The van der Waals surface area contributed by atoms with Gasteiger partial charge in [-0.3, -0.25) is 4.79 Å². The van der Waals surface area contributed by atoms with Crippen molar-refractivity contribution < 1.29 is 4.79 Å². The van der Waals surface area contributed by atoms with Gasteiger partial charge in [0.15, 0.2) is 0 Å². The van der Waals surface area contributed by atoms with Crippen LogP contribution in [0.15, 0.2) is 97.0 Å². The van der Waals surface area contributed by atoms with Gasteiger partial charge in [-0.15, -0.1) is 0 Å². The van der Waals surface area contributed by atoms with Gasteiger partial charge in [-0.05, 0) is 63.0 Å². The molecule has 1 N–H and O–H groups in total. The lowest BCUT2D eigenvalue weighted by atomic mass is 10.0. The highest BCUT2D eigenvalue weighted by Gasteiger charge is 2.13. The first-order chi connectivity index (χ1) is 19.2. The molecule has 3 nitrogen and oxygen atoms in total. The van der Waals surface area contributed by atoms with Crippen molar-refractivity contribution in [2.24, 2.45) is 0 Å². The monoisotopic (exact) mass is 544 g/mol. The van der Waals surface area contributed by atoms with E-state index in [0.717, 1.165) is 40.1 Å². The molecule has 0 aliphatic heterocycles. The summed E-state index contributed by atoms with van der Waals surface area (Å²) < 4.78 is 0. The van der Waals surface area contributed by atoms with Gasteiger partial charge in [0.25, 0.3) is 5.91 Å². The van der Waals surface area contributed by atoms with Crippen LogP contribution in [0.2, 0.25) is 0 Å². The minimum atomic E-state index is -0.192. The SMILES string of the molecule is C=C/C(=C\c1ccccc1C)C(=O)Nc1ccccc1/C(C)=C/N(C(=C)C)/C(=C\C)CC.CC.CC.CCCC. The Labute approximate surface area is 247 Å². The molecule has 220 valence electrons. The van der Waals surface area contributed by atoms with Gasteiger partial charge in [0.2, 0.25) is 0 Å². The maximum atomic E-state index is 13.1. The number of nitrogens with zero attached hydrogens (tertiary/aromatic N) is 1. The van der Waals surface area contributed by atoms with Crippen LogP contribution in [0, 0.1) is 6.92 Å². The number of carbonyl (C=O) groups excluding carboxylic acids is 1. The first kappa shape index (κ1) is 38.6. The molecule has 0 heterocycles. The molecule has 0 bridgehead atoms. The molecular formula is C37H56N2O. The Bertz CT molecular complexity index is 1120. The summed E-state index contributed by atoms with van der Waals surface area (Å²) in [6.07, 6.45) is 11.2. The van der Waals surface area contributed by atoms with Crippen molar-refractivity contribution in [1.29, 1.82) is 0 Å². The lowest BCUT2D eigenvalue weighted by Crippen LogP contribution is -2.16. The maximum Gasteiger partial charge on any atom is 0.255 e. The number of allylic oxidation sites excluding steroid dienone is 4. The van der Waals surface area contributed by atoms with Crippen molar-refractivity contribution in [1.82, 2.24) is 4.90 Å². The number of nitrogens with one attached hydrogen (secondary N) is 1. The van der Waals surface area contributed by atoms with Crippen LogP contribution in [-0.4, -0.2) is 10.8 Å². The summed E-state index contributed by atoms with van der Waals surface area (Å²) in [5.74, 6) is -0.192. The van der Waals surface area contributed by atoms with E-state index < -0.39 is 0 Å². The standard InChI is InChI=1S/C29H34N2O.C4H10.2C2H6/c1-8-24(19-25-16-12-11-15-22(25)6)29(32)30-28-18-14-13-17-27(28)23(7)20-31(21(4)5)26(9-2)10-3;1-3-4-2;2*1-2/h8-9,11-20H,1,4,10H2,2-3,5-7H3,(H,30,32);3-4H2,1-2H3;2*1-2H3/b23-20+,24-19+,26-9-;;;. The molecule has 3 heteroatoms. The van der Waals surface area contributed by atoms with Gasteiger partial charge in [0.1, 0.15) is 0 Å². The van der Waals surface area contributed by atoms with Crippen molar-refractivity contribution in [3.05, 3.63) is 114 Å². The number of carbonyl (C=O) groups is 1. The number of aryl methyl sites for hydroxylation is 1. The molecule has 0 unspecified atom stereocenters. The van der Waals surface area contributed by atoms with Crippen molar-refractivity contribution in [2.45, 2.75) is 95.4 Å². The van der Waals surface area contributed by atoms with Gasteiger partial charge < -0.3 is 10.2 Å². The van der Waals surface area contributed by atoms with Gasteiger partial charge in [0.05, 0.1) is 0 Å². The Balaban J connectivity index is 0. The molecule has 0 saturated carbocycles. The maximum absolute atomic E-state index is 13.1. The zero-order valence-electron chi connectivity index (χ0n) is 27.3. The van der Waals surface area contributed by atoms with Gasteiger partial charge in [-0.1, -0.05) is 129 Å². The predicted molar refractivity (Wildman–Crippen MR) is 182 cm³/mol. The second kappa shape index (κ2) is 23.3. The van der Waals surface area contributed by atoms with Crippen LogP contribution in [0.3, 0.4) is 0 Å². The summed E-state index contributed by atoms with van der Waals surface area (Å²) in [6.45, 7) is 30.5. The highest BCUT2D eigenvalue weighted by Crippen LogP contribution is 2.27. The summed E-state index contributed by atoms with van der Waals surface area (Å²) in [6, 6.07) is 15.8. The number of hydrogen-bond acceptors (Lipinski definition) is 2. The summed E-state index contributed by atoms with van der Waals surface area (Å²) in [4.78, 5) is 15.2. The zero-order valence-corrected chi connectivity index (χ0v) is 27.3. The molecular weight excluding hydrogens is 488 g/mol. The smallest absolute Gasteiger partial charge is 0.255 e. The van der Waals surface area contributed by atoms with Crippen LogP contribution in [0.5, 0.6) is 0 Å². The second-order valence-electron chi connectivity index (χ2n) is 8.71. The molecule has 0 spiro atoms. The highest BCUT2D eigenvalue weighted by molar-refractivity contribution is 6.09. The lowest BCUT2D eigenvalue weighted by Gasteiger charge is -2.24. The van der Waals surface area contributed by atoms with Crippen LogP contribution in [0.1, 0.15) is 105 Å². The minimum Gasteiger partial charge on any atom is -0.326 e. The van der Waals surface area contributed by atoms with E-state index in [-0.39, 0.29) is 5.91 Å². The fraction of sp³-hybridized carbons (Fsp3) is 0.378. The molecule has 2 aromatic carbocycles. The van der Waals surface area contributed by atoms with E-state index in [1.165, 1.54) is 18.5 Å². The minimum absolute atomic E-state index is 0.192. The number of amides is 1. The average molecular weight is 545 g/mol. The third kappa shape index (κ3) is 13.5. The first-order valence-electron chi connectivity index (χ1n) is 14.8. The molecule has 0 aliphatic carbocycles. The van der Waals surface area contributed by atoms with E-state index in [2.05, 4.69) is 56.4 Å². The van der Waals surface area contributed by atoms with Gasteiger partial charge in [0, 0.05) is 34.4 Å². The van der Waals surface area contributed by atoms with E-state index in [9.17, 15) is 4.79 Å². The van der Waals surface area contributed by atoms with Gasteiger partial charge >= 0.3 is 0 Å². The fourth-order valence-corrected chi connectivity index (χ4v) is 3.48. The summed E-state index contributed by atoms with van der Waals surface area (Å²) >= 11 is 0. The Kier molecular flexibility index (Phi) is 22.5. The Morgan fingerprint density at radius 2 is 1.48 bits per heavy atom. The molecule has 0 saturated heterocycles. The molecule has 1 amide bonds. The quantitative estimate of drug-likeness (QED) is 0.238. The average Bonchev–Trinajstić information content (AvgIpc) is 2.99. The number of para-hydroxylation sites is 1. The molecule has 0 aromatic heterocycles. The fourth-order valence-electron chi connectivity index (χ4n) is 3.48. The summed E-state index contributed by atoms with van der Waals surface area (Å²) in [5.41, 5.74) is 7.47. The second-order valence-corrected chi connectivity index (χ2v) is 8.71. The zero-order chi connectivity index (χ0) is 31.1. The first-order valence-corrected chi connectivity index (χ1v) is 14.8. The summed E-state index contributed by atoms with van der Waals surface area (Å²) in [5, 5.41) is 3.07. The number of hydrogen-bond donors (Lipinski definition) is 1. The number of anilines is 1. The van der Waals surface area contributed by atoms with E-state index in [0.29, 0.717) is 5.57 Å². The Hall–Kier alpha value is -3.59. The van der Waals surface area contributed by atoms with Crippen LogP contribution in [0.4, 0.5) is 5.69 Å².